The van der Waals surface area contributed by atoms with Crippen LogP contribution >= 0.6 is 0 Å². The molecule has 0 aliphatic heterocycles. The Balaban J connectivity index is 4.54. The zero-order chi connectivity index (χ0) is 15.1. The van der Waals surface area contributed by atoms with Crippen LogP contribution in [0.2, 0.25) is 0 Å². The minimum atomic E-state index is -1.18. The van der Waals surface area contributed by atoms with E-state index in [0.29, 0.717) is 6.54 Å². The van der Waals surface area contributed by atoms with E-state index >= 15 is 0 Å². The number of carboxylic acids is 1. The molecule has 0 unspecified atom stereocenters. The first kappa shape index (κ1) is 17.4. The van der Waals surface area contributed by atoms with Gasteiger partial charge in [0.2, 0.25) is 5.91 Å². The molecule has 7 heteroatoms. The van der Waals surface area contributed by atoms with E-state index in [9.17, 15) is 14.4 Å². The standard InChI is InChI=1S/C12H22N2O5/c1-5-13-12(2,3)11(18)14-8(10(16)17)6-7-9(15)19-4/h8,13H,5-7H2,1-4H3,(H,14,18)(H,16,17)/t8-/m1/s1. The zero-order valence-electron chi connectivity index (χ0n) is 11.8. The van der Waals surface area contributed by atoms with Crippen molar-refractivity contribution in [3.8, 4) is 0 Å². The van der Waals surface area contributed by atoms with Crippen molar-refractivity contribution in [3.05, 3.63) is 0 Å². The van der Waals surface area contributed by atoms with Crippen LogP contribution in [0.3, 0.4) is 0 Å². The fraction of sp³-hybridized carbons (Fsp3) is 0.750. The van der Waals surface area contributed by atoms with Gasteiger partial charge in [-0.25, -0.2) is 4.79 Å². The van der Waals surface area contributed by atoms with Crippen molar-refractivity contribution in [3.63, 3.8) is 0 Å². The average Bonchev–Trinajstić information content (AvgIpc) is 2.32. The van der Waals surface area contributed by atoms with E-state index in [-0.39, 0.29) is 12.8 Å². The number of nitrogens with one attached hydrogen (secondary N) is 2. The summed E-state index contributed by atoms with van der Waals surface area (Å²) in [5.74, 6) is -2.11. The van der Waals surface area contributed by atoms with Crippen molar-refractivity contribution in [1.82, 2.24) is 10.6 Å². The predicted octanol–water partition coefficient (Wildman–Crippen LogP) is -0.103. The maximum absolute atomic E-state index is 11.9. The number of hydrogen-bond donors (Lipinski definition) is 3. The third-order valence-electron chi connectivity index (χ3n) is 2.65. The van der Waals surface area contributed by atoms with E-state index < -0.39 is 29.4 Å². The minimum absolute atomic E-state index is 0.00402. The maximum Gasteiger partial charge on any atom is 0.326 e. The van der Waals surface area contributed by atoms with Crippen LogP contribution in [0.1, 0.15) is 33.6 Å². The molecule has 19 heavy (non-hydrogen) atoms. The van der Waals surface area contributed by atoms with Gasteiger partial charge < -0.3 is 20.5 Å². The van der Waals surface area contributed by atoms with Crippen molar-refractivity contribution in [2.24, 2.45) is 0 Å². The Hall–Kier alpha value is -1.63. The number of carboxylic acid groups (broad SMARTS) is 1. The number of carbonyl (C=O) groups is 3. The monoisotopic (exact) mass is 274 g/mol. The van der Waals surface area contributed by atoms with Gasteiger partial charge in [0.25, 0.3) is 0 Å². The molecule has 0 aliphatic rings. The Bertz CT molecular complexity index is 341. The Morgan fingerprint density at radius 2 is 1.89 bits per heavy atom. The van der Waals surface area contributed by atoms with Crippen LogP contribution in [0.25, 0.3) is 0 Å². The van der Waals surface area contributed by atoms with Crippen LogP contribution in [0.5, 0.6) is 0 Å². The van der Waals surface area contributed by atoms with Gasteiger partial charge in [-0.2, -0.15) is 0 Å². The first-order valence-corrected chi connectivity index (χ1v) is 6.10. The van der Waals surface area contributed by atoms with Gasteiger partial charge in [0.15, 0.2) is 0 Å². The normalized spacial score (nSPS) is 12.6. The van der Waals surface area contributed by atoms with E-state index in [1.54, 1.807) is 13.8 Å². The molecule has 0 aromatic rings. The summed E-state index contributed by atoms with van der Waals surface area (Å²) in [6.07, 6.45) is -0.0642. The first-order valence-electron chi connectivity index (χ1n) is 6.10. The van der Waals surface area contributed by atoms with Crippen molar-refractivity contribution in [2.75, 3.05) is 13.7 Å². The van der Waals surface area contributed by atoms with Crippen molar-refractivity contribution >= 4 is 17.8 Å². The van der Waals surface area contributed by atoms with Gasteiger partial charge in [-0.05, 0) is 26.8 Å². The summed E-state index contributed by atoms with van der Waals surface area (Å²) in [6.45, 7) is 5.75. The number of likely N-dealkylation sites (N-methyl/N-ethyl adjacent to an activating group) is 1. The lowest BCUT2D eigenvalue weighted by molar-refractivity contribution is -0.144. The molecule has 0 spiro atoms. The Morgan fingerprint density at radius 3 is 2.32 bits per heavy atom. The van der Waals surface area contributed by atoms with Crippen LogP contribution in [-0.4, -0.2) is 48.2 Å². The van der Waals surface area contributed by atoms with Gasteiger partial charge in [0.1, 0.15) is 6.04 Å². The number of hydrogen-bond acceptors (Lipinski definition) is 5. The lowest BCUT2D eigenvalue weighted by Gasteiger charge is -2.26. The van der Waals surface area contributed by atoms with Gasteiger partial charge >= 0.3 is 11.9 Å². The molecular formula is C12H22N2O5. The molecule has 0 fully saturated rings. The molecule has 0 radical (unpaired) electrons. The number of esters is 1. The third-order valence-corrected chi connectivity index (χ3v) is 2.65. The van der Waals surface area contributed by atoms with E-state index in [0.717, 1.165) is 0 Å². The van der Waals surface area contributed by atoms with Crippen molar-refractivity contribution < 1.29 is 24.2 Å². The molecule has 1 atom stereocenters. The highest BCUT2D eigenvalue weighted by atomic mass is 16.5. The molecule has 0 saturated carbocycles. The number of rotatable bonds is 8. The minimum Gasteiger partial charge on any atom is -0.480 e. The smallest absolute Gasteiger partial charge is 0.326 e. The first-order chi connectivity index (χ1) is 8.74. The van der Waals surface area contributed by atoms with Crippen LogP contribution in [0.4, 0.5) is 0 Å². The highest BCUT2D eigenvalue weighted by Crippen LogP contribution is 2.05. The number of amides is 1. The highest BCUT2D eigenvalue weighted by Gasteiger charge is 2.30. The summed E-state index contributed by atoms with van der Waals surface area (Å²) in [5, 5.41) is 14.4. The SMILES string of the molecule is CCNC(C)(C)C(=O)N[C@H](CCC(=O)OC)C(=O)O. The third kappa shape index (κ3) is 6.19. The van der Waals surface area contributed by atoms with Crippen LogP contribution in [0, 0.1) is 0 Å². The average molecular weight is 274 g/mol. The molecule has 0 rings (SSSR count). The number of ether oxygens (including phenoxy) is 1. The zero-order valence-corrected chi connectivity index (χ0v) is 11.8. The molecule has 0 aromatic carbocycles. The van der Waals surface area contributed by atoms with E-state index in [4.69, 9.17) is 5.11 Å². The second-order valence-electron chi connectivity index (χ2n) is 4.63. The van der Waals surface area contributed by atoms with Gasteiger partial charge in [-0.1, -0.05) is 6.92 Å². The van der Waals surface area contributed by atoms with Crippen LogP contribution in [-0.2, 0) is 19.1 Å². The fourth-order valence-corrected chi connectivity index (χ4v) is 1.48. The molecule has 0 aliphatic carbocycles. The lowest BCUT2D eigenvalue weighted by atomic mass is 10.0. The molecule has 0 heterocycles. The van der Waals surface area contributed by atoms with E-state index in [1.165, 1.54) is 7.11 Å². The molecule has 0 bridgehead atoms. The maximum atomic E-state index is 11.9. The number of aliphatic carboxylic acids is 1. The van der Waals surface area contributed by atoms with Crippen LogP contribution < -0.4 is 10.6 Å². The second-order valence-corrected chi connectivity index (χ2v) is 4.63. The molecule has 0 aromatic heterocycles. The van der Waals surface area contributed by atoms with Crippen molar-refractivity contribution in [2.45, 2.75) is 45.2 Å². The topological polar surface area (TPSA) is 105 Å². The molecular weight excluding hydrogens is 252 g/mol. The van der Waals surface area contributed by atoms with Gasteiger partial charge in [-0.3, -0.25) is 9.59 Å². The number of methoxy groups -OCH3 is 1. The summed E-state index contributed by atoms with van der Waals surface area (Å²) in [4.78, 5) is 33.9. The molecule has 3 N–H and O–H groups in total. The summed E-state index contributed by atoms with van der Waals surface area (Å²) >= 11 is 0. The van der Waals surface area contributed by atoms with E-state index in [2.05, 4.69) is 15.4 Å². The summed E-state index contributed by atoms with van der Waals surface area (Å²) in [5.41, 5.74) is -0.867. The molecule has 7 nitrogen and oxygen atoms in total. The highest BCUT2D eigenvalue weighted by molar-refractivity contribution is 5.89. The summed E-state index contributed by atoms with van der Waals surface area (Å²) < 4.78 is 4.43. The Kier molecular flexibility index (Phi) is 7.06. The summed E-state index contributed by atoms with van der Waals surface area (Å²) in [6, 6.07) is -1.11. The van der Waals surface area contributed by atoms with Gasteiger partial charge in [0, 0.05) is 6.42 Å². The van der Waals surface area contributed by atoms with Crippen LogP contribution in [0.15, 0.2) is 0 Å². The quantitative estimate of drug-likeness (QED) is 0.534. The van der Waals surface area contributed by atoms with E-state index in [1.807, 2.05) is 6.92 Å². The lowest BCUT2D eigenvalue weighted by Crippen LogP contribution is -2.56. The predicted molar refractivity (Wildman–Crippen MR) is 68.6 cm³/mol. The number of carbonyl (C=O) groups excluding carboxylic acids is 2. The summed E-state index contributed by atoms with van der Waals surface area (Å²) in [7, 11) is 1.23. The van der Waals surface area contributed by atoms with Crippen molar-refractivity contribution in [1.29, 1.82) is 0 Å². The fourth-order valence-electron chi connectivity index (χ4n) is 1.48. The Labute approximate surface area is 112 Å². The second kappa shape index (κ2) is 7.73. The van der Waals surface area contributed by atoms with Gasteiger partial charge in [0.05, 0.1) is 12.6 Å². The molecule has 110 valence electrons. The van der Waals surface area contributed by atoms with Gasteiger partial charge in [-0.15, -0.1) is 0 Å². The molecule has 1 amide bonds. The largest absolute Gasteiger partial charge is 0.480 e. The Morgan fingerprint density at radius 1 is 1.32 bits per heavy atom. The molecule has 0 saturated heterocycles.